The summed E-state index contributed by atoms with van der Waals surface area (Å²) in [6.07, 6.45) is 4.79. The number of hydrogen-bond acceptors (Lipinski definition) is 5. The largest absolute Gasteiger partial charge is 0.322 e. The maximum absolute atomic E-state index is 13.3. The Bertz CT molecular complexity index is 1470. The van der Waals surface area contributed by atoms with Gasteiger partial charge in [0.25, 0.3) is 5.91 Å². The van der Waals surface area contributed by atoms with Crippen molar-refractivity contribution in [1.82, 2.24) is 4.98 Å². The number of nitrogens with one attached hydrogen (secondary N) is 1. The lowest BCUT2D eigenvalue weighted by Crippen LogP contribution is -2.13. The van der Waals surface area contributed by atoms with Crippen molar-refractivity contribution in [3.05, 3.63) is 95.6 Å². The summed E-state index contributed by atoms with van der Waals surface area (Å²) in [6, 6.07) is 22.9. The molecule has 1 heterocycles. The smallest absolute Gasteiger partial charge is 0.256 e. The molecule has 4 aromatic rings. The van der Waals surface area contributed by atoms with Crippen molar-refractivity contribution in [3.8, 4) is 22.4 Å². The normalized spacial score (nSPS) is 11.3. The Morgan fingerprint density at radius 1 is 0.941 bits per heavy atom. The molecule has 172 valence electrons. The molecule has 0 saturated heterocycles. The van der Waals surface area contributed by atoms with Crippen LogP contribution >= 0.6 is 23.4 Å². The Hall–Kier alpha value is -3.13. The zero-order chi connectivity index (χ0) is 24.3. The van der Waals surface area contributed by atoms with E-state index in [2.05, 4.69) is 10.3 Å². The van der Waals surface area contributed by atoms with Gasteiger partial charge in [0.2, 0.25) is 0 Å². The van der Waals surface area contributed by atoms with Crippen molar-refractivity contribution in [2.45, 2.75) is 9.79 Å². The summed E-state index contributed by atoms with van der Waals surface area (Å²) >= 11 is 7.91. The summed E-state index contributed by atoms with van der Waals surface area (Å²) in [5.41, 5.74) is 3.70. The quantitative estimate of drug-likeness (QED) is 0.303. The van der Waals surface area contributed by atoms with E-state index < -0.39 is 9.84 Å². The minimum absolute atomic E-state index is 0.198. The molecule has 4 rings (SSSR count). The van der Waals surface area contributed by atoms with Crippen LogP contribution in [0.25, 0.3) is 22.4 Å². The number of benzene rings is 3. The highest BCUT2D eigenvalue weighted by molar-refractivity contribution is 7.98. The van der Waals surface area contributed by atoms with E-state index in [9.17, 15) is 13.2 Å². The third kappa shape index (κ3) is 5.33. The van der Waals surface area contributed by atoms with Gasteiger partial charge in [-0.05, 0) is 78.0 Å². The maximum Gasteiger partial charge on any atom is 0.256 e. The molecular formula is C26H21ClN2O3S2. The molecule has 8 heteroatoms. The van der Waals surface area contributed by atoms with E-state index in [1.807, 2.05) is 36.6 Å². The molecule has 0 bridgehead atoms. The lowest BCUT2D eigenvalue weighted by molar-refractivity contribution is 0.102. The van der Waals surface area contributed by atoms with Gasteiger partial charge in [0.05, 0.1) is 15.6 Å². The summed E-state index contributed by atoms with van der Waals surface area (Å²) < 4.78 is 24.2. The number of hydrogen-bond donors (Lipinski definition) is 1. The van der Waals surface area contributed by atoms with Crippen LogP contribution in [-0.4, -0.2) is 31.8 Å². The maximum atomic E-state index is 13.3. The molecule has 0 aliphatic rings. The number of carbonyl (C=O) groups is 1. The van der Waals surface area contributed by atoms with E-state index in [0.717, 1.165) is 11.2 Å². The second-order valence-corrected chi connectivity index (χ2v) is 10.9. The molecule has 0 saturated carbocycles. The minimum Gasteiger partial charge on any atom is -0.322 e. The number of amides is 1. The van der Waals surface area contributed by atoms with E-state index in [1.165, 1.54) is 0 Å². The van der Waals surface area contributed by atoms with Crippen LogP contribution in [0.2, 0.25) is 5.02 Å². The van der Waals surface area contributed by atoms with E-state index in [1.54, 1.807) is 66.5 Å². The molecule has 5 nitrogen and oxygen atoms in total. The van der Waals surface area contributed by atoms with Gasteiger partial charge in [-0.2, -0.15) is 0 Å². The first kappa shape index (κ1) is 24.0. The van der Waals surface area contributed by atoms with Crippen molar-refractivity contribution < 1.29 is 13.2 Å². The second-order valence-electron chi connectivity index (χ2n) is 7.58. The van der Waals surface area contributed by atoms with Gasteiger partial charge >= 0.3 is 0 Å². The van der Waals surface area contributed by atoms with E-state index in [0.29, 0.717) is 38.7 Å². The molecule has 34 heavy (non-hydrogen) atoms. The van der Waals surface area contributed by atoms with E-state index >= 15 is 0 Å². The van der Waals surface area contributed by atoms with Crippen molar-refractivity contribution in [1.29, 1.82) is 0 Å². The predicted molar refractivity (Wildman–Crippen MR) is 139 cm³/mol. The van der Waals surface area contributed by atoms with Crippen LogP contribution in [0.1, 0.15) is 10.4 Å². The Morgan fingerprint density at radius 3 is 2.47 bits per heavy atom. The van der Waals surface area contributed by atoms with Crippen LogP contribution in [-0.2, 0) is 9.84 Å². The highest BCUT2D eigenvalue weighted by atomic mass is 35.5. The molecule has 1 aromatic heterocycles. The first-order chi connectivity index (χ1) is 16.3. The van der Waals surface area contributed by atoms with Crippen LogP contribution in [0.4, 0.5) is 5.69 Å². The third-order valence-electron chi connectivity index (χ3n) is 5.21. The van der Waals surface area contributed by atoms with Crippen LogP contribution < -0.4 is 5.32 Å². The monoisotopic (exact) mass is 508 g/mol. The SMILES string of the molecule is CSc1ccc(C(=O)Nc2ccc(Cl)c(-c3ccccn3)c2)c(-c2cccc(S(C)(=O)=O)c2)c1. The van der Waals surface area contributed by atoms with Gasteiger partial charge in [-0.25, -0.2) is 8.42 Å². The van der Waals surface area contributed by atoms with Crippen LogP contribution in [0.15, 0.2) is 94.9 Å². The van der Waals surface area contributed by atoms with Gasteiger partial charge in [0.1, 0.15) is 0 Å². The lowest BCUT2D eigenvalue weighted by Gasteiger charge is -2.14. The fourth-order valence-corrected chi connectivity index (χ4v) is 4.82. The predicted octanol–water partition coefficient (Wildman–Crippen LogP) is 6.45. The number of rotatable bonds is 6. The Balaban J connectivity index is 1.73. The topological polar surface area (TPSA) is 76.1 Å². The highest BCUT2D eigenvalue weighted by Gasteiger charge is 2.17. The zero-order valence-electron chi connectivity index (χ0n) is 18.4. The molecule has 0 spiro atoms. The Morgan fingerprint density at radius 2 is 1.76 bits per heavy atom. The van der Waals surface area contributed by atoms with Gasteiger partial charge in [-0.1, -0.05) is 29.8 Å². The number of thioether (sulfide) groups is 1. The molecule has 0 fully saturated rings. The number of aromatic nitrogens is 1. The molecule has 3 aromatic carbocycles. The molecule has 0 aliphatic carbocycles. The number of sulfone groups is 1. The Kier molecular flexibility index (Phi) is 7.07. The number of anilines is 1. The number of pyridine rings is 1. The Labute approximate surface area is 208 Å². The van der Waals surface area contributed by atoms with E-state index in [-0.39, 0.29) is 10.8 Å². The van der Waals surface area contributed by atoms with Crippen LogP contribution in [0.5, 0.6) is 0 Å². The molecular weight excluding hydrogens is 488 g/mol. The number of carbonyl (C=O) groups excluding carboxylic acids is 1. The first-order valence-corrected chi connectivity index (χ1v) is 13.8. The summed E-state index contributed by atoms with van der Waals surface area (Å²) in [5, 5.41) is 3.46. The minimum atomic E-state index is -3.39. The molecule has 0 unspecified atom stereocenters. The number of halogens is 1. The van der Waals surface area contributed by atoms with Gasteiger partial charge in [-0.15, -0.1) is 11.8 Å². The van der Waals surface area contributed by atoms with Crippen LogP contribution in [0, 0.1) is 0 Å². The summed E-state index contributed by atoms with van der Waals surface area (Å²) in [4.78, 5) is 18.8. The summed E-state index contributed by atoms with van der Waals surface area (Å²) in [5.74, 6) is -0.318. The molecule has 1 amide bonds. The van der Waals surface area contributed by atoms with Crippen molar-refractivity contribution in [2.75, 3.05) is 17.8 Å². The second kappa shape index (κ2) is 10.0. The highest BCUT2D eigenvalue weighted by Crippen LogP contribution is 2.32. The fourth-order valence-electron chi connectivity index (χ4n) is 3.50. The fraction of sp³-hybridized carbons (Fsp3) is 0.0769. The standard InChI is InChI=1S/C26H21ClN2O3S2/c1-33-19-10-11-21(22(16-19)17-6-5-7-20(14-17)34(2,31)32)26(30)29-18-9-12-24(27)23(15-18)25-8-3-4-13-28-25/h3-16H,1-2H3,(H,29,30). The van der Waals surface area contributed by atoms with Gasteiger partial charge < -0.3 is 5.32 Å². The zero-order valence-corrected chi connectivity index (χ0v) is 20.8. The van der Waals surface area contributed by atoms with Gasteiger partial charge in [-0.3, -0.25) is 9.78 Å². The molecule has 0 atom stereocenters. The van der Waals surface area contributed by atoms with E-state index in [4.69, 9.17) is 11.6 Å². The van der Waals surface area contributed by atoms with Gasteiger partial charge in [0, 0.05) is 34.2 Å². The third-order valence-corrected chi connectivity index (χ3v) is 7.37. The number of nitrogens with zero attached hydrogens (tertiary/aromatic N) is 1. The average Bonchev–Trinajstić information content (AvgIpc) is 2.85. The molecule has 1 N–H and O–H groups in total. The first-order valence-electron chi connectivity index (χ1n) is 10.3. The van der Waals surface area contributed by atoms with Gasteiger partial charge in [0.15, 0.2) is 9.84 Å². The molecule has 0 radical (unpaired) electrons. The van der Waals surface area contributed by atoms with Crippen molar-refractivity contribution in [2.24, 2.45) is 0 Å². The van der Waals surface area contributed by atoms with Crippen molar-refractivity contribution >= 4 is 44.8 Å². The average molecular weight is 509 g/mol. The van der Waals surface area contributed by atoms with Crippen LogP contribution in [0.3, 0.4) is 0 Å². The summed E-state index contributed by atoms with van der Waals surface area (Å²) in [7, 11) is -3.39. The lowest BCUT2D eigenvalue weighted by atomic mass is 9.99. The van der Waals surface area contributed by atoms with Crippen molar-refractivity contribution in [3.63, 3.8) is 0 Å². The molecule has 0 aliphatic heterocycles. The summed E-state index contributed by atoms with van der Waals surface area (Å²) in [6.45, 7) is 0.